The quantitative estimate of drug-likeness (QED) is 0.400. The third-order valence-corrected chi connectivity index (χ3v) is 3.34. The van der Waals surface area contributed by atoms with Gasteiger partial charge in [0, 0.05) is 52.4 Å². The molecule has 0 radical (unpaired) electrons. The number of carbonyl (C=O) groups is 2. The van der Waals surface area contributed by atoms with Crippen LogP contribution in [0.1, 0.15) is 12.8 Å². The van der Waals surface area contributed by atoms with E-state index in [4.69, 9.17) is 11.5 Å². The summed E-state index contributed by atoms with van der Waals surface area (Å²) in [6.07, 6.45) is 0.686. The number of hydrogen-bond donors (Lipinski definition) is 2. The Bertz CT molecular complexity index is 285. The second-order valence-electron chi connectivity index (χ2n) is 4.91. The van der Waals surface area contributed by atoms with E-state index in [0.717, 1.165) is 13.1 Å². The smallest absolute Gasteiger partial charge is 0.306 e. The van der Waals surface area contributed by atoms with Crippen LogP contribution < -0.4 is 11.5 Å². The summed E-state index contributed by atoms with van der Waals surface area (Å²) in [6, 6.07) is 0. The number of nitrogens with zero attached hydrogens (tertiary/aromatic N) is 2. The Kier molecular flexibility index (Phi) is 12.7. The summed E-state index contributed by atoms with van der Waals surface area (Å²) >= 11 is 0. The molecule has 0 amide bonds. The van der Waals surface area contributed by atoms with Crippen molar-refractivity contribution in [3.63, 3.8) is 0 Å². The minimum atomic E-state index is -0.230. The molecule has 4 N–H and O–H groups in total. The molecule has 8 heteroatoms. The van der Waals surface area contributed by atoms with Crippen LogP contribution in [0.15, 0.2) is 0 Å². The number of ether oxygens (including phenoxy) is 2. The van der Waals surface area contributed by atoms with Crippen molar-refractivity contribution in [3.05, 3.63) is 0 Å². The van der Waals surface area contributed by atoms with Crippen molar-refractivity contribution in [3.8, 4) is 0 Å². The average Bonchev–Trinajstić information content (AvgIpc) is 2.53. The summed E-state index contributed by atoms with van der Waals surface area (Å²) in [5.74, 6) is -0.460. The summed E-state index contributed by atoms with van der Waals surface area (Å²) in [5.41, 5.74) is 11.2. The molecule has 0 unspecified atom stereocenters. The summed E-state index contributed by atoms with van der Waals surface area (Å²) in [5, 5.41) is 0. The van der Waals surface area contributed by atoms with Gasteiger partial charge in [-0.15, -0.1) is 0 Å². The highest BCUT2D eigenvalue weighted by atomic mass is 16.5. The van der Waals surface area contributed by atoms with E-state index in [2.05, 4.69) is 19.3 Å². The highest BCUT2D eigenvalue weighted by Crippen LogP contribution is 1.98. The van der Waals surface area contributed by atoms with Gasteiger partial charge in [0.2, 0.25) is 0 Å². The maximum atomic E-state index is 11.2. The molecule has 0 heterocycles. The second kappa shape index (κ2) is 13.4. The van der Waals surface area contributed by atoms with Crippen LogP contribution in [0.5, 0.6) is 0 Å². The van der Waals surface area contributed by atoms with Crippen LogP contribution in [0.2, 0.25) is 0 Å². The van der Waals surface area contributed by atoms with Crippen molar-refractivity contribution < 1.29 is 19.1 Å². The Balaban J connectivity index is 4.23. The molecule has 0 aliphatic heterocycles. The first-order valence-electron chi connectivity index (χ1n) is 7.55. The third kappa shape index (κ3) is 10.5. The number of hydrogen-bond acceptors (Lipinski definition) is 8. The molecule has 0 saturated heterocycles. The molecule has 8 nitrogen and oxygen atoms in total. The molecule has 0 aliphatic carbocycles. The van der Waals surface area contributed by atoms with Crippen molar-refractivity contribution in [2.45, 2.75) is 12.8 Å². The van der Waals surface area contributed by atoms with Gasteiger partial charge in [0.1, 0.15) is 0 Å². The fourth-order valence-electron chi connectivity index (χ4n) is 2.02. The van der Waals surface area contributed by atoms with Gasteiger partial charge in [-0.1, -0.05) is 0 Å². The first-order chi connectivity index (χ1) is 10.6. The van der Waals surface area contributed by atoms with Gasteiger partial charge in [-0.3, -0.25) is 9.59 Å². The lowest BCUT2D eigenvalue weighted by Gasteiger charge is -2.26. The van der Waals surface area contributed by atoms with Crippen molar-refractivity contribution in [2.75, 3.05) is 66.6 Å². The van der Waals surface area contributed by atoms with Gasteiger partial charge in [-0.05, 0) is 0 Å². The van der Waals surface area contributed by atoms with Gasteiger partial charge in [-0.2, -0.15) is 0 Å². The highest BCUT2D eigenvalue weighted by Gasteiger charge is 2.12. The molecule has 0 spiro atoms. The monoisotopic (exact) mass is 318 g/mol. The standard InChI is InChI=1S/C14H30N4O4/c1-21-13(19)3-7-17(9-5-15)11-12-18(10-6-16)8-4-14(20)22-2/h3-12,15-16H2,1-2H3. The summed E-state index contributed by atoms with van der Waals surface area (Å²) in [6.45, 7) is 5.22. The topological polar surface area (TPSA) is 111 Å². The first-order valence-corrected chi connectivity index (χ1v) is 7.55. The van der Waals surface area contributed by atoms with Gasteiger partial charge in [0.05, 0.1) is 27.1 Å². The number of esters is 2. The maximum absolute atomic E-state index is 11.2. The summed E-state index contributed by atoms with van der Waals surface area (Å²) in [4.78, 5) is 26.6. The fraction of sp³-hybridized carbons (Fsp3) is 0.857. The van der Waals surface area contributed by atoms with Gasteiger partial charge in [-0.25, -0.2) is 0 Å². The molecular weight excluding hydrogens is 288 g/mol. The van der Waals surface area contributed by atoms with Crippen LogP contribution in [0, 0.1) is 0 Å². The first kappa shape index (κ1) is 20.8. The predicted octanol–water partition coefficient (Wildman–Crippen LogP) is -1.37. The highest BCUT2D eigenvalue weighted by molar-refractivity contribution is 5.69. The SMILES string of the molecule is COC(=O)CCN(CCN)CCN(CCN)CCC(=O)OC. The van der Waals surface area contributed by atoms with Crippen LogP contribution in [0.3, 0.4) is 0 Å². The second-order valence-corrected chi connectivity index (χ2v) is 4.91. The molecule has 0 rings (SSSR count). The zero-order chi connectivity index (χ0) is 16.8. The van der Waals surface area contributed by atoms with Crippen LogP contribution in [0.4, 0.5) is 0 Å². The minimum Gasteiger partial charge on any atom is -0.469 e. The zero-order valence-corrected chi connectivity index (χ0v) is 13.8. The van der Waals surface area contributed by atoms with E-state index >= 15 is 0 Å². The molecule has 130 valence electrons. The molecular formula is C14H30N4O4. The van der Waals surface area contributed by atoms with Crippen molar-refractivity contribution in [1.29, 1.82) is 0 Å². The molecule has 0 bridgehead atoms. The Hall–Kier alpha value is -1.22. The van der Waals surface area contributed by atoms with E-state index in [9.17, 15) is 9.59 Å². The largest absolute Gasteiger partial charge is 0.469 e. The molecule has 0 aromatic carbocycles. The van der Waals surface area contributed by atoms with E-state index in [1.54, 1.807) is 0 Å². The van der Waals surface area contributed by atoms with Gasteiger partial charge in [0.15, 0.2) is 0 Å². The van der Waals surface area contributed by atoms with E-state index in [1.807, 2.05) is 0 Å². The van der Waals surface area contributed by atoms with Gasteiger partial charge >= 0.3 is 11.9 Å². The molecule has 0 aromatic rings. The molecule has 0 aliphatic rings. The van der Waals surface area contributed by atoms with Crippen LogP contribution in [-0.4, -0.2) is 88.3 Å². The zero-order valence-electron chi connectivity index (χ0n) is 13.8. The Morgan fingerprint density at radius 2 is 1.09 bits per heavy atom. The Morgan fingerprint density at radius 1 is 0.727 bits per heavy atom. The Labute approximate surface area is 132 Å². The fourth-order valence-corrected chi connectivity index (χ4v) is 2.02. The lowest BCUT2D eigenvalue weighted by molar-refractivity contribution is -0.142. The van der Waals surface area contributed by atoms with Crippen LogP contribution in [-0.2, 0) is 19.1 Å². The van der Waals surface area contributed by atoms with E-state index in [-0.39, 0.29) is 11.9 Å². The normalized spacial score (nSPS) is 11.0. The lowest BCUT2D eigenvalue weighted by atomic mass is 10.3. The van der Waals surface area contributed by atoms with Crippen LogP contribution in [0.25, 0.3) is 0 Å². The summed E-state index contributed by atoms with van der Waals surface area (Å²) < 4.78 is 9.29. The molecule has 0 fully saturated rings. The van der Waals surface area contributed by atoms with Crippen molar-refractivity contribution >= 4 is 11.9 Å². The van der Waals surface area contributed by atoms with E-state index < -0.39 is 0 Å². The lowest BCUT2D eigenvalue weighted by Crippen LogP contribution is -2.41. The molecule has 0 atom stereocenters. The van der Waals surface area contributed by atoms with Gasteiger partial charge in [0.25, 0.3) is 0 Å². The number of methoxy groups -OCH3 is 2. The third-order valence-electron chi connectivity index (χ3n) is 3.34. The average molecular weight is 318 g/mol. The Morgan fingerprint density at radius 3 is 1.36 bits per heavy atom. The number of rotatable bonds is 13. The van der Waals surface area contributed by atoms with Crippen molar-refractivity contribution in [1.82, 2.24) is 9.80 Å². The maximum Gasteiger partial charge on any atom is 0.306 e. The molecule has 0 aromatic heterocycles. The summed E-state index contributed by atoms with van der Waals surface area (Å²) in [7, 11) is 2.76. The number of nitrogens with two attached hydrogens (primary N) is 2. The van der Waals surface area contributed by atoms with E-state index in [1.165, 1.54) is 14.2 Å². The van der Waals surface area contributed by atoms with Crippen LogP contribution >= 0.6 is 0 Å². The van der Waals surface area contributed by atoms with E-state index in [0.29, 0.717) is 52.1 Å². The molecule has 22 heavy (non-hydrogen) atoms. The molecule has 0 saturated carbocycles. The van der Waals surface area contributed by atoms with Crippen molar-refractivity contribution in [2.24, 2.45) is 11.5 Å². The predicted molar refractivity (Wildman–Crippen MR) is 84.3 cm³/mol. The number of carbonyl (C=O) groups excluding carboxylic acids is 2. The minimum absolute atomic E-state index is 0.230. The van der Waals surface area contributed by atoms with Gasteiger partial charge < -0.3 is 30.7 Å².